The number of carbonyl (C=O) groups is 3. The van der Waals surface area contributed by atoms with Crippen LogP contribution in [0, 0.1) is 10.1 Å². The lowest BCUT2D eigenvalue weighted by Crippen LogP contribution is -2.37. The number of benzene rings is 2. The van der Waals surface area contributed by atoms with E-state index in [4.69, 9.17) is 4.74 Å². The summed E-state index contributed by atoms with van der Waals surface area (Å²) in [5, 5.41) is 13.8. The fourth-order valence-corrected chi connectivity index (χ4v) is 3.96. The van der Waals surface area contributed by atoms with E-state index in [0.29, 0.717) is 23.0 Å². The molecule has 0 saturated carbocycles. The minimum atomic E-state index is -0.750. The largest absolute Gasteiger partial charge is 0.494 e. The number of aromatic nitrogens is 1. The van der Waals surface area contributed by atoms with Gasteiger partial charge in [-0.05, 0) is 31.2 Å². The van der Waals surface area contributed by atoms with Gasteiger partial charge in [0.15, 0.2) is 5.13 Å². The molecule has 3 aromatic rings. The van der Waals surface area contributed by atoms with Gasteiger partial charge in [-0.1, -0.05) is 11.3 Å². The molecule has 10 nitrogen and oxygen atoms in total. The van der Waals surface area contributed by atoms with Crippen LogP contribution in [-0.4, -0.2) is 45.7 Å². The van der Waals surface area contributed by atoms with E-state index in [1.54, 1.807) is 12.1 Å². The number of nitrogens with one attached hydrogen (secondary N) is 1. The quantitative estimate of drug-likeness (QED) is 0.364. The first kappa shape index (κ1) is 19.5. The van der Waals surface area contributed by atoms with Crippen LogP contribution in [0.2, 0.25) is 0 Å². The predicted molar refractivity (Wildman–Crippen MR) is 108 cm³/mol. The molecule has 0 aliphatic carbocycles. The topological polar surface area (TPSA) is 132 Å². The van der Waals surface area contributed by atoms with E-state index in [1.807, 2.05) is 13.0 Å². The number of nitrogens with zero attached hydrogens (tertiary/aromatic N) is 3. The van der Waals surface area contributed by atoms with Crippen molar-refractivity contribution in [2.24, 2.45) is 0 Å². The van der Waals surface area contributed by atoms with E-state index in [9.17, 15) is 24.5 Å². The molecule has 0 fully saturated rings. The molecule has 0 bridgehead atoms. The highest BCUT2D eigenvalue weighted by Gasteiger charge is 2.37. The fourth-order valence-electron chi connectivity index (χ4n) is 3.05. The minimum absolute atomic E-state index is 0.0295. The van der Waals surface area contributed by atoms with Crippen molar-refractivity contribution < 1.29 is 24.0 Å². The Morgan fingerprint density at radius 1 is 1.20 bits per heavy atom. The number of anilines is 1. The lowest BCUT2D eigenvalue weighted by atomic mass is 10.1. The number of rotatable bonds is 6. The zero-order chi connectivity index (χ0) is 21.4. The van der Waals surface area contributed by atoms with Crippen LogP contribution in [0.3, 0.4) is 0 Å². The molecule has 0 unspecified atom stereocenters. The third-order valence-corrected chi connectivity index (χ3v) is 5.32. The van der Waals surface area contributed by atoms with Crippen molar-refractivity contribution in [2.45, 2.75) is 6.92 Å². The molecule has 0 atom stereocenters. The monoisotopic (exact) mass is 426 g/mol. The Hall–Kier alpha value is -3.86. The summed E-state index contributed by atoms with van der Waals surface area (Å²) in [5.41, 5.74) is 0.307. The highest BCUT2D eigenvalue weighted by Crippen LogP contribution is 2.30. The average molecular weight is 426 g/mol. The van der Waals surface area contributed by atoms with Gasteiger partial charge in [0.1, 0.15) is 12.3 Å². The van der Waals surface area contributed by atoms with Crippen LogP contribution in [0.25, 0.3) is 10.2 Å². The van der Waals surface area contributed by atoms with Crippen LogP contribution in [-0.2, 0) is 4.79 Å². The summed E-state index contributed by atoms with van der Waals surface area (Å²) >= 11 is 1.23. The highest BCUT2D eigenvalue weighted by molar-refractivity contribution is 7.22. The summed E-state index contributed by atoms with van der Waals surface area (Å²) in [6, 6.07) is 8.75. The van der Waals surface area contributed by atoms with Gasteiger partial charge >= 0.3 is 0 Å². The number of nitro groups is 1. The first-order chi connectivity index (χ1) is 14.4. The van der Waals surface area contributed by atoms with Crippen molar-refractivity contribution in [3.63, 3.8) is 0 Å². The predicted octanol–water partition coefficient (Wildman–Crippen LogP) is 2.84. The van der Waals surface area contributed by atoms with Crippen molar-refractivity contribution in [1.29, 1.82) is 0 Å². The zero-order valence-electron chi connectivity index (χ0n) is 15.6. The molecule has 0 radical (unpaired) electrons. The SMILES string of the molecule is CCOc1ccc2nc(NC(=O)CN3C(=O)c4ccc([N+](=O)[O-])cc4C3=O)sc2c1. The van der Waals surface area contributed by atoms with E-state index in [2.05, 4.69) is 10.3 Å². The van der Waals surface area contributed by atoms with Crippen LogP contribution in [0.5, 0.6) is 5.75 Å². The fraction of sp³-hybridized carbons (Fsp3) is 0.158. The van der Waals surface area contributed by atoms with E-state index in [0.717, 1.165) is 21.7 Å². The van der Waals surface area contributed by atoms with Crippen molar-refractivity contribution >= 4 is 50.1 Å². The highest BCUT2D eigenvalue weighted by atomic mass is 32.1. The first-order valence-electron chi connectivity index (χ1n) is 8.85. The van der Waals surface area contributed by atoms with Gasteiger partial charge in [0.2, 0.25) is 5.91 Å². The molecule has 30 heavy (non-hydrogen) atoms. The third kappa shape index (κ3) is 3.46. The Kier molecular flexibility index (Phi) is 4.88. The molecule has 2 aromatic carbocycles. The Morgan fingerprint density at radius 3 is 2.70 bits per heavy atom. The van der Waals surface area contributed by atoms with Crippen LogP contribution in [0.1, 0.15) is 27.6 Å². The molecular formula is C19H14N4O6S. The van der Waals surface area contributed by atoms with Gasteiger partial charge in [-0.15, -0.1) is 0 Å². The lowest BCUT2D eigenvalue weighted by Gasteiger charge is -2.12. The molecule has 152 valence electrons. The van der Waals surface area contributed by atoms with Crippen LogP contribution >= 0.6 is 11.3 Å². The van der Waals surface area contributed by atoms with E-state index < -0.39 is 29.2 Å². The number of fused-ring (bicyclic) bond motifs is 2. The molecule has 1 N–H and O–H groups in total. The van der Waals surface area contributed by atoms with Crippen LogP contribution in [0.15, 0.2) is 36.4 Å². The molecule has 1 aliphatic heterocycles. The molecule has 4 rings (SSSR count). The summed E-state index contributed by atoms with van der Waals surface area (Å²) in [6.45, 7) is 1.87. The first-order valence-corrected chi connectivity index (χ1v) is 9.67. The van der Waals surface area contributed by atoms with Gasteiger partial charge in [0.05, 0.1) is 32.9 Å². The van der Waals surface area contributed by atoms with E-state index in [-0.39, 0.29) is 16.8 Å². The van der Waals surface area contributed by atoms with Crippen LogP contribution < -0.4 is 10.1 Å². The summed E-state index contributed by atoms with van der Waals surface area (Å²) in [5.74, 6) is -1.35. The third-order valence-electron chi connectivity index (χ3n) is 4.38. The van der Waals surface area contributed by atoms with Gasteiger partial charge in [-0.2, -0.15) is 0 Å². The van der Waals surface area contributed by atoms with Crippen molar-refractivity contribution in [3.05, 3.63) is 57.6 Å². The number of nitro benzene ring substituents is 1. The summed E-state index contributed by atoms with van der Waals surface area (Å²) < 4.78 is 6.25. The van der Waals surface area contributed by atoms with Gasteiger partial charge in [0.25, 0.3) is 17.5 Å². The number of amides is 3. The second-order valence-corrected chi connectivity index (χ2v) is 7.34. The number of ether oxygens (including phenoxy) is 1. The summed E-state index contributed by atoms with van der Waals surface area (Å²) in [7, 11) is 0. The van der Waals surface area contributed by atoms with Crippen molar-refractivity contribution in [2.75, 3.05) is 18.5 Å². The lowest BCUT2D eigenvalue weighted by molar-refractivity contribution is -0.384. The maximum Gasteiger partial charge on any atom is 0.270 e. The second-order valence-electron chi connectivity index (χ2n) is 6.31. The Morgan fingerprint density at radius 2 is 1.97 bits per heavy atom. The second kappa shape index (κ2) is 7.52. The van der Waals surface area contributed by atoms with Gasteiger partial charge in [-0.25, -0.2) is 4.98 Å². The number of carbonyl (C=O) groups excluding carboxylic acids is 3. The number of hydrogen-bond donors (Lipinski definition) is 1. The number of hydrogen-bond acceptors (Lipinski definition) is 8. The molecule has 0 saturated heterocycles. The Balaban J connectivity index is 1.49. The van der Waals surface area contributed by atoms with Crippen molar-refractivity contribution in [3.8, 4) is 5.75 Å². The van der Waals surface area contributed by atoms with Gasteiger partial charge in [-0.3, -0.25) is 29.4 Å². The maximum absolute atomic E-state index is 12.5. The van der Waals surface area contributed by atoms with Crippen LogP contribution in [0.4, 0.5) is 10.8 Å². The number of thiazole rings is 1. The summed E-state index contributed by atoms with van der Waals surface area (Å²) in [6.07, 6.45) is 0. The average Bonchev–Trinajstić information content (AvgIpc) is 3.21. The normalized spacial score (nSPS) is 12.9. The van der Waals surface area contributed by atoms with Gasteiger partial charge < -0.3 is 10.1 Å². The molecule has 0 spiro atoms. The van der Waals surface area contributed by atoms with Crippen molar-refractivity contribution in [1.82, 2.24) is 9.88 Å². The standard InChI is InChI=1S/C19H14N4O6S/c1-2-29-11-4-6-14-15(8-11)30-19(20-14)21-16(24)9-22-17(25)12-5-3-10(23(27)28)7-13(12)18(22)26/h3-8H,2,9H2,1H3,(H,20,21,24). The van der Waals surface area contributed by atoms with Gasteiger partial charge in [0, 0.05) is 12.1 Å². The Labute approximate surface area is 173 Å². The minimum Gasteiger partial charge on any atom is -0.494 e. The Bertz CT molecular complexity index is 1220. The van der Waals surface area contributed by atoms with E-state index in [1.165, 1.54) is 17.4 Å². The maximum atomic E-state index is 12.5. The molecular weight excluding hydrogens is 412 g/mol. The molecule has 1 aromatic heterocycles. The number of non-ortho nitro benzene ring substituents is 1. The zero-order valence-corrected chi connectivity index (χ0v) is 16.4. The number of imide groups is 1. The molecule has 11 heteroatoms. The van der Waals surface area contributed by atoms with E-state index >= 15 is 0 Å². The smallest absolute Gasteiger partial charge is 0.270 e. The molecule has 2 heterocycles. The molecule has 3 amide bonds. The molecule has 1 aliphatic rings. The summed E-state index contributed by atoms with van der Waals surface area (Å²) in [4.78, 5) is 52.6.